The summed E-state index contributed by atoms with van der Waals surface area (Å²) in [5.74, 6) is 0. The molecular formula is C13H19NO2. The Morgan fingerprint density at radius 1 is 1.19 bits per heavy atom. The van der Waals surface area contributed by atoms with E-state index in [9.17, 15) is 4.79 Å². The highest BCUT2D eigenvalue weighted by Crippen LogP contribution is 2.13. The van der Waals surface area contributed by atoms with Crippen LogP contribution in [0.5, 0.6) is 0 Å². The van der Waals surface area contributed by atoms with Crippen LogP contribution in [0.25, 0.3) is 0 Å². The third-order valence-electron chi connectivity index (χ3n) is 2.62. The maximum Gasteiger partial charge on any atom is 0.150 e. The first-order valence-electron chi connectivity index (χ1n) is 5.65. The van der Waals surface area contributed by atoms with Gasteiger partial charge >= 0.3 is 0 Å². The Hall–Kier alpha value is -1.35. The number of carbonyl (C=O) groups excluding carboxylic acids is 1. The average Bonchev–Trinajstić information content (AvgIpc) is 2.34. The summed E-state index contributed by atoms with van der Waals surface area (Å²) in [6.45, 7) is 1.25. The van der Waals surface area contributed by atoms with Crippen LogP contribution in [0.2, 0.25) is 0 Å². The Kier molecular flexibility index (Phi) is 5.57. The number of aliphatic hydroxyl groups excluding tert-OH is 1. The molecule has 0 aliphatic carbocycles. The van der Waals surface area contributed by atoms with E-state index in [0.717, 1.165) is 37.8 Å². The Morgan fingerprint density at radius 2 is 1.88 bits per heavy atom. The zero-order chi connectivity index (χ0) is 11.8. The zero-order valence-corrected chi connectivity index (χ0v) is 9.72. The monoisotopic (exact) mass is 221 g/mol. The van der Waals surface area contributed by atoms with Crippen molar-refractivity contribution >= 4 is 12.0 Å². The minimum absolute atomic E-state index is 0.276. The van der Waals surface area contributed by atoms with Gasteiger partial charge in [0.25, 0.3) is 0 Å². The molecule has 3 nitrogen and oxygen atoms in total. The van der Waals surface area contributed by atoms with Gasteiger partial charge in [-0.3, -0.25) is 4.79 Å². The minimum atomic E-state index is 0.276. The van der Waals surface area contributed by atoms with Gasteiger partial charge in [-0.2, -0.15) is 0 Å². The van der Waals surface area contributed by atoms with Crippen LogP contribution in [-0.2, 0) is 0 Å². The summed E-state index contributed by atoms with van der Waals surface area (Å²) in [6, 6.07) is 7.56. The first kappa shape index (κ1) is 12.7. The third kappa shape index (κ3) is 4.03. The van der Waals surface area contributed by atoms with Gasteiger partial charge in [-0.15, -0.1) is 0 Å². The largest absolute Gasteiger partial charge is 0.396 e. The lowest BCUT2D eigenvalue weighted by atomic mass is 10.2. The highest BCUT2D eigenvalue weighted by molar-refractivity contribution is 5.75. The molecule has 1 aromatic rings. The number of nitrogens with zero attached hydrogens (tertiary/aromatic N) is 1. The lowest BCUT2D eigenvalue weighted by molar-refractivity contribution is 0.112. The molecule has 0 radical (unpaired) electrons. The summed E-state index contributed by atoms with van der Waals surface area (Å²) >= 11 is 0. The van der Waals surface area contributed by atoms with Crippen LogP contribution in [-0.4, -0.2) is 31.6 Å². The quantitative estimate of drug-likeness (QED) is 0.566. The molecule has 0 aromatic heterocycles. The van der Waals surface area contributed by atoms with Gasteiger partial charge in [-0.25, -0.2) is 0 Å². The number of rotatable bonds is 7. The molecule has 0 saturated carbocycles. The van der Waals surface area contributed by atoms with Crippen LogP contribution >= 0.6 is 0 Å². The van der Waals surface area contributed by atoms with Crippen molar-refractivity contribution < 1.29 is 9.90 Å². The molecule has 0 heterocycles. The Labute approximate surface area is 96.7 Å². The van der Waals surface area contributed by atoms with E-state index < -0.39 is 0 Å². The normalized spacial score (nSPS) is 10.1. The summed E-state index contributed by atoms with van der Waals surface area (Å²) < 4.78 is 0. The lowest BCUT2D eigenvalue weighted by Crippen LogP contribution is -2.18. The molecule has 0 amide bonds. The second-order valence-corrected chi connectivity index (χ2v) is 3.92. The predicted octanol–water partition coefficient (Wildman–Crippen LogP) is 2.10. The highest BCUT2D eigenvalue weighted by atomic mass is 16.2. The lowest BCUT2D eigenvalue weighted by Gasteiger charge is -2.19. The van der Waals surface area contributed by atoms with Gasteiger partial charge in [0, 0.05) is 31.5 Å². The Balaban J connectivity index is 2.39. The Morgan fingerprint density at radius 3 is 2.44 bits per heavy atom. The van der Waals surface area contributed by atoms with Crippen molar-refractivity contribution in [3.63, 3.8) is 0 Å². The molecule has 0 bridgehead atoms. The van der Waals surface area contributed by atoms with Gasteiger partial charge < -0.3 is 10.0 Å². The number of anilines is 1. The predicted molar refractivity (Wildman–Crippen MR) is 66.0 cm³/mol. The van der Waals surface area contributed by atoms with E-state index in [2.05, 4.69) is 4.90 Å². The van der Waals surface area contributed by atoms with Gasteiger partial charge in [0.05, 0.1) is 0 Å². The molecule has 0 aliphatic heterocycles. The smallest absolute Gasteiger partial charge is 0.150 e. The summed E-state index contributed by atoms with van der Waals surface area (Å²) in [7, 11) is 2.04. The van der Waals surface area contributed by atoms with Crippen molar-refractivity contribution in [2.24, 2.45) is 0 Å². The molecule has 0 saturated heterocycles. The summed E-state index contributed by atoms with van der Waals surface area (Å²) in [5, 5.41) is 8.66. The first-order valence-corrected chi connectivity index (χ1v) is 5.65. The number of benzene rings is 1. The molecule has 0 atom stereocenters. The van der Waals surface area contributed by atoms with E-state index in [1.807, 2.05) is 31.3 Å². The number of unbranched alkanes of at least 4 members (excludes halogenated alkanes) is 2. The fourth-order valence-electron chi connectivity index (χ4n) is 1.57. The van der Waals surface area contributed by atoms with Crippen molar-refractivity contribution in [2.75, 3.05) is 25.1 Å². The summed E-state index contributed by atoms with van der Waals surface area (Å²) in [4.78, 5) is 12.7. The van der Waals surface area contributed by atoms with Crippen LogP contribution in [0.1, 0.15) is 29.6 Å². The van der Waals surface area contributed by atoms with Gasteiger partial charge in [-0.05, 0) is 43.5 Å². The fourth-order valence-corrected chi connectivity index (χ4v) is 1.57. The Bertz CT molecular complexity index is 308. The van der Waals surface area contributed by atoms with Crippen molar-refractivity contribution in [1.29, 1.82) is 0 Å². The molecule has 3 heteroatoms. The number of hydrogen-bond donors (Lipinski definition) is 1. The van der Waals surface area contributed by atoms with Gasteiger partial charge in [0.2, 0.25) is 0 Å². The molecular weight excluding hydrogens is 202 g/mol. The molecule has 88 valence electrons. The summed E-state index contributed by atoms with van der Waals surface area (Å²) in [6.07, 6.45) is 3.85. The third-order valence-corrected chi connectivity index (χ3v) is 2.62. The van der Waals surface area contributed by atoms with E-state index in [1.54, 1.807) is 0 Å². The number of aliphatic hydroxyl groups is 1. The molecule has 0 spiro atoms. The highest BCUT2D eigenvalue weighted by Gasteiger charge is 2.00. The molecule has 1 N–H and O–H groups in total. The molecule has 0 fully saturated rings. The van der Waals surface area contributed by atoms with Gasteiger partial charge in [-0.1, -0.05) is 0 Å². The van der Waals surface area contributed by atoms with E-state index in [-0.39, 0.29) is 6.61 Å². The number of aldehydes is 1. The van der Waals surface area contributed by atoms with Crippen molar-refractivity contribution in [1.82, 2.24) is 0 Å². The number of hydrogen-bond acceptors (Lipinski definition) is 3. The molecule has 1 aromatic carbocycles. The van der Waals surface area contributed by atoms with E-state index >= 15 is 0 Å². The van der Waals surface area contributed by atoms with Crippen molar-refractivity contribution in [3.8, 4) is 0 Å². The SMILES string of the molecule is CN(CCCCCO)c1ccc(C=O)cc1. The van der Waals surface area contributed by atoms with Crippen LogP contribution in [0, 0.1) is 0 Å². The fraction of sp³-hybridized carbons (Fsp3) is 0.462. The van der Waals surface area contributed by atoms with Crippen LogP contribution in [0.15, 0.2) is 24.3 Å². The minimum Gasteiger partial charge on any atom is -0.396 e. The van der Waals surface area contributed by atoms with Crippen molar-refractivity contribution in [2.45, 2.75) is 19.3 Å². The van der Waals surface area contributed by atoms with Crippen LogP contribution in [0.4, 0.5) is 5.69 Å². The molecule has 0 aliphatic rings. The molecule has 1 rings (SSSR count). The topological polar surface area (TPSA) is 40.5 Å². The van der Waals surface area contributed by atoms with Gasteiger partial charge in [0.1, 0.15) is 6.29 Å². The van der Waals surface area contributed by atoms with Gasteiger partial charge in [0.15, 0.2) is 0 Å². The van der Waals surface area contributed by atoms with E-state index in [1.165, 1.54) is 0 Å². The number of carbonyl (C=O) groups is 1. The van der Waals surface area contributed by atoms with Crippen LogP contribution < -0.4 is 4.90 Å². The zero-order valence-electron chi connectivity index (χ0n) is 9.72. The maximum absolute atomic E-state index is 10.5. The molecule has 0 unspecified atom stereocenters. The second-order valence-electron chi connectivity index (χ2n) is 3.92. The summed E-state index contributed by atoms with van der Waals surface area (Å²) in [5.41, 5.74) is 1.83. The van der Waals surface area contributed by atoms with E-state index in [4.69, 9.17) is 5.11 Å². The average molecular weight is 221 g/mol. The standard InChI is InChI=1S/C13H19NO2/c1-14(9-3-2-4-10-15)13-7-5-12(11-16)6-8-13/h5-8,11,15H,2-4,9-10H2,1H3. The molecule has 16 heavy (non-hydrogen) atoms. The van der Waals surface area contributed by atoms with E-state index in [0.29, 0.717) is 5.56 Å². The maximum atomic E-state index is 10.5. The van der Waals surface area contributed by atoms with Crippen molar-refractivity contribution in [3.05, 3.63) is 29.8 Å². The second kappa shape index (κ2) is 7.01. The van der Waals surface area contributed by atoms with Crippen LogP contribution in [0.3, 0.4) is 0 Å². The first-order chi connectivity index (χ1) is 7.77.